The number of carbonyl (C=O) groups excluding carboxylic acids is 1. The first kappa shape index (κ1) is 16.8. The summed E-state index contributed by atoms with van der Waals surface area (Å²) in [6.45, 7) is 3.06. The van der Waals surface area contributed by atoms with Gasteiger partial charge in [-0.1, -0.05) is 0 Å². The number of phenolic OH excluding ortho intramolecular Hbond substituents is 1. The van der Waals surface area contributed by atoms with E-state index in [-0.39, 0.29) is 18.1 Å². The lowest BCUT2D eigenvalue weighted by molar-refractivity contribution is -0.120. The minimum absolute atomic E-state index is 0.0263. The Labute approximate surface area is 143 Å². The van der Waals surface area contributed by atoms with Crippen molar-refractivity contribution < 1.29 is 14.3 Å². The Balaban J connectivity index is 1.64. The molecule has 7 nitrogen and oxygen atoms in total. The van der Waals surface area contributed by atoms with E-state index < -0.39 is 5.63 Å². The molecule has 0 bridgehead atoms. The number of rotatable bonds is 6. The van der Waals surface area contributed by atoms with E-state index in [1.807, 2.05) is 10.8 Å². The van der Waals surface area contributed by atoms with Crippen molar-refractivity contribution in [3.63, 3.8) is 0 Å². The van der Waals surface area contributed by atoms with Gasteiger partial charge in [-0.15, -0.1) is 0 Å². The van der Waals surface area contributed by atoms with Gasteiger partial charge in [-0.3, -0.25) is 4.79 Å². The summed E-state index contributed by atoms with van der Waals surface area (Å²) in [5.74, 6) is -0.197. The molecule has 1 aromatic carbocycles. The number of hydrogen-bond acceptors (Lipinski definition) is 5. The average Bonchev–Trinajstić information content (AvgIpc) is 3.08. The first-order valence-electron chi connectivity index (χ1n) is 8.02. The molecule has 0 saturated heterocycles. The number of nitrogens with zero attached hydrogens (tertiary/aromatic N) is 2. The summed E-state index contributed by atoms with van der Waals surface area (Å²) >= 11 is 0. The molecular weight excluding hydrogens is 322 g/mol. The lowest BCUT2D eigenvalue weighted by Gasteiger charge is -2.09. The van der Waals surface area contributed by atoms with Crippen molar-refractivity contribution in [1.82, 2.24) is 14.9 Å². The predicted molar refractivity (Wildman–Crippen MR) is 92.4 cm³/mol. The number of hydrogen-bond donors (Lipinski definition) is 2. The second-order valence-electron chi connectivity index (χ2n) is 5.85. The normalized spacial score (nSPS) is 10.9. The molecule has 2 aromatic heterocycles. The molecule has 0 spiro atoms. The van der Waals surface area contributed by atoms with Crippen LogP contribution in [0.4, 0.5) is 0 Å². The standard InChI is InChI=1S/C18H19N3O4/c1-12-14-4-3-13(22)9-16(14)25-18(24)15(12)10-17(23)20-5-2-7-21-8-6-19-11-21/h3-4,6,8-9,11,22H,2,5,7,10H2,1H3,(H,20,23). The van der Waals surface area contributed by atoms with Crippen LogP contribution in [0.15, 0.2) is 46.1 Å². The van der Waals surface area contributed by atoms with Gasteiger partial charge in [-0.25, -0.2) is 9.78 Å². The van der Waals surface area contributed by atoms with Gasteiger partial charge in [0.2, 0.25) is 5.91 Å². The fourth-order valence-corrected chi connectivity index (χ4v) is 2.72. The first-order chi connectivity index (χ1) is 12.0. The maximum Gasteiger partial charge on any atom is 0.340 e. The highest BCUT2D eigenvalue weighted by atomic mass is 16.4. The summed E-state index contributed by atoms with van der Waals surface area (Å²) in [7, 11) is 0. The SMILES string of the molecule is Cc1c(CC(=O)NCCCn2ccnc2)c(=O)oc2cc(O)ccc12. The molecule has 0 atom stereocenters. The quantitative estimate of drug-likeness (QED) is 0.526. The number of amides is 1. The second kappa shape index (κ2) is 7.21. The monoisotopic (exact) mass is 341 g/mol. The van der Waals surface area contributed by atoms with Crippen LogP contribution >= 0.6 is 0 Å². The summed E-state index contributed by atoms with van der Waals surface area (Å²) in [4.78, 5) is 28.2. The summed E-state index contributed by atoms with van der Waals surface area (Å²) < 4.78 is 7.16. The maximum absolute atomic E-state index is 12.1. The molecule has 3 rings (SSSR count). The highest BCUT2D eigenvalue weighted by molar-refractivity contribution is 5.85. The Kier molecular flexibility index (Phi) is 4.83. The third kappa shape index (κ3) is 3.88. The van der Waals surface area contributed by atoms with Crippen LogP contribution in [0.3, 0.4) is 0 Å². The zero-order valence-corrected chi connectivity index (χ0v) is 13.9. The van der Waals surface area contributed by atoms with E-state index in [0.717, 1.165) is 13.0 Å². The van der Waals surface area contributed by atoms with E-state index >= 15 is 0 Å². The number of aryl methyl sites for hydroxylation is 2. The van der Waals surface area contributed by atoms with Crippen molar-refractivity contribution >= 4 is 16.9 Å². The molecule has 2 N–H and O–H groups in total. The minimum Gasteiger partial charge on any atom is -0.508 e. The average molecular weight is 341 g/mol. The van der Waals surface area contributed by atoms with Crippen LogP contribution in [0.5, 0.6) is 5.75 Å². The van der Waals surface area contributed by atoms with Crippen LogP contribution in [-0.2, 0) is 17.8 Å². The van der Waals surface area contributed by atoms with Crippen LogP contribution in [0.25, 0.3) is 11.0 Å². The fourth-order valence-electron chi connectivity index (χ4n) is 2.72. The number of phenols is 1. The van der Waals surface area contributed by atoms with Crippen molar-refractivity contribution in [2.24, 2.45) is 0 Å². The van der Waals surface area contributed by atoms with Gasteiger partial charge in [0.15, 0.2) is 0 Å². The Morgan fingerprint density at radius 3 is 3.00 bits per heavy atom. The van der Waals surface area contributed by atoms with Gasteiger partial charge in [0, 0.05) is 36.9 Å². The topological polar surface area (TPSA) is 97.4 Å². The number of aromatic nitrogens is 2. The first-order valence-corrected chi connectivity index (χ1v) is 8.02. The predicted octanol–water partition coefficient (Wildman–Crippen LogP) is 1.75. The molecule has 2 heterocycles. The molecule has 0 radical (unpaired) electrons. The Bertz CT molecular complexity index is 945. The molecule has 7 heteroatoms. The van der Waals surface area contributed by atoms with Gasteiger partial charge in [-0.2, -0.15) is 0 Å². The molecule has 0 saturated carbocycles. The molecule has 3 aromatic rings. The minimum atomic E-state index is -0.552. The van der Waals surface area contributed by atoms with Crippen molar-refractivity contribution in [3.05, 3.63) is 58.5 Å². The second-order valence-corrected chi connectivity index (χ2v) is 5.85. The zero-order valence-electron chi connectivity index (χ0n) is 13.9. The van der Waals surface area contributed by atoms with Crippen LogP contribution < -0.4 is 10.9 Å². The summed E-state index contributed by atoms with van der Waals surface area (Å²) in [6.07, 6.45) is 6.04. The molecule has 0 aliphatic heterocycles. The van der Waals surface area contributed by atoms with Gasteiger partial charge < -0.3 is 19.4 Å². The van der Waals surface area contributed by atoms with Crippen LogP contribution in [0.1, 0.15) is 17.5 Å². The van der Waals surface area contributed by atoms with E-state index in [0.29, 0.717) is 28.6 Å². The van der Waals surface area contributed by atoms with Crippen LogP contribution in [0, 0.1) is 6.92 Å². The fraction of sp³-hybridized carbons (Fsp3) is 0.278. The molecule has 0 unspecified atom stereocenters. The number of aromatic hydroxyl groups is 1. The molecule has 1 amide bonds. The van der Waals surface area contributed by atoms with Crippen molar-refractivity contribution in [2.75, 3.05) is 6.54 Å². The Hall–Kier alpha value is -3.09. The van der Waals surface area contributed by atoms with Gasteiger partial charge in [0.25, 0.3) is 0 Å². The van der Waals surface area contributed by atoms with Gasteiger partial charge >= 0.3 is 5.63 Å². The molecule has 0 aliphatic rings. The lowest BCUT2D eigenvalue weighted by Crippen LogP contribution is -2.29. The number of imidazole rings is 1. The highest BCUT2D eigenvalue weighted by Crippen LogP contribution is 2.23. The molecule has 25 heavy (non-hydrogen) atoms. The molecule has 0 fully saturated rings. The number of carbonyl (C=O) groups is 1. The largest absolute Gasteiger partial charge is 0.508 e. The van der Waals surface area contributed by atoms with Crippen molar-refractivity contribution in [2.45, 2.75) is 26.3 Å². The van der Waals surface area contributed by atoms with Crippen molar-refractivity contribution in [3.8, 4) is 5.75 Å². The van der Waals surface area contributed by atoms with Gasteiger partial charge in [-0.05, 0) is 31.0 Å². The smallest absolute Gasteiger partial charge is 0.340 e. The third-order valence-electron chi connectivity index (χ3n) is 4.08. The van der Waals surface area contributed by atoms with E-state index in [1.54, 1.807) is 25.5 Å². The van der Waals surface area contributed by atoms with Gasteiger partial charge in [0.05, 0.1) is 18.3 Å². The Morgan fingerprint density at radius 2 is 2.24 bits per heavy atom. The molecule has 130 valence electrons. The lowest BCUT2D eigenvalue weighted by atomic mass is 10.0. The number of nitrogens with one attached hydrogen (secondary N) is 1. The molecular formula is C18H19N3O4. The molecule has 0 aliphatic carbocycles. The summed E-state index contributed by atoms with van der Waals surface area (Å²) in [5.41, 5.74) is 0.793. The van der Waals surface area contributed by atoms with E-state index in [2.05, 4.69) is 10.3 Å². The summed E-state index contributed by atoms with van der Waals surface area (Å²) in [5, 5.41) is 13.0. The van der Waals surface area contributed by atoms with Crippen LogP contribution in [-0.4, -0.2) is 27.1 Å². The third-order valence-corrected chi connectivity index (χ3v) is 4.08. The highest BCUT2D eigenvalue weighted by Gasteiger charge is 2.15. The van der Waals surface area contributed by atoms with E-state index in [9.17, 15) is 14.7 Å². The maximum atomic E-state index is 12.1. The number of benzene rings is 1. The van der Waals surface area contributed by atoms with E-state index in [1.165, 1.54) is 12.1 Å². The van der Waals surface area contributed by atoms with Crippen LogP contribution in [0.2, 0.25) is 0 Å². The summed E-state index contributed by atoms with van der Waals surface area (Å²) in [6, 6.07) is 4.59. The van der Waals surface area contributed by atoms with Gasteiger partial charge in [0.1, 0.15) is 11.3 Å². The Morgan fingerprint density at radius 1 is 1.40 bits per heavy atom. The van der Waals surface area contributed by atoms with Crippen molar-refractivity contribution in [1.29, 1.82) is 0 Å². The number of fused-ring (bicyclic) bond motifs is 1. The van der Waals surface area contributed by atoms with E-state index in [4.69, 9.17) is 4.42 Å². The zero-order chi connectivity index (χ0) is 17.8.